The van der Waals surface area contributed by atoms with Gasteiger partial charge in [-0.3, -0.25) is 9.36 Å². The van der Waals surface area contributed by atoms with Crippen LogP contribution in [-0.2, 0) is 11.3 Å². The Hall–Kier alpha value is -2.04. The van der Waals surface area contributed by atoms with Crippen molar-refractivity contribution in [2.75, 3.05) is 0 Å². The van der Waals surface area contributed by atoms with Crippen molar-refractivity contribution in [2.24, 2.45) is 0 Å². The van der Waals surface area contributed by atoms with E-state index < -0.39 is 5.76 Å². The molecule has 0 saturated heterocycles. The zero-order valence-electron chi connectivity index (χ0n) is 12.0. The minimum absolute atomic E-state index is 0.0202. The van der Waals surface area contributed by atoms with Crippen molar-refractivity contribution in [3.8, 4) is 0 Å². The first kappa shape index (κ1) is 13.9. The van der Waals surface area contributed by atoms with Gasteiger partial charge in [0.25, 0.3) is 0 Å². The maximum atomic E-state index is 12.2. The SMILES string of the molecule is O=C(Cn1c(=O)oc2ccccc21)NC1CCCCCC1. The molecule has 21 heavy (non-hydrogen) atoms. The lowest BCUT2D eigenvalue weighted by Crippen LogP contribution is -2.38. The maximum Gasteiger partial charge on any atom is 0.420 e. The number of amides is 1. The maximum absolute atomic E-state index is 12.2. The molecule has 2 aromatic rings. The smallest absolute Gasteiger partial charge is 0.408 e. The van der Waals surface area contributed by atoms with Crippen LogP contribution in [0.25, 0.3) is 11.1 Å². The predicted octanol–water partition coefficient (Wildman–Crippen LogP) is 2.43. The van der Waals surface area contributed by atoms with Gasteiger partial charge in [0.2, 0.25) is 5.91 Å². The van der Waals surface area contributed by atoms with Gasteiger partial charge < -0.3 is 9.73 Å². The van der Waals surface area contributed by atoms with Gasteiger partial charge >= 0.3 is 5.76 Å². The van der Waals surface area contributed by atoms with Crippen LogP contribution in [0.1, 0.15) is 38.5 Å². The number of hydrogen-bond donors (Lipinski definition) is 1. The first-order valence-electron chi connectivity index (χ1n) is 7.62. The first-order chi connectivity index (χ1) is 10.2. The average molecular weight is 288 g/mol. The van der Waals surface area contributed by atoms with Crippen LogP contribution in [0.3, 0.4) is 0 Å². The molecule has 5 heteroatoms. The monoisotopic (exact) mass is 288 g/mol. The Morgan fingerprint density at radius 1 is 1.19 bits per heavy atom. The summed E-state index contributed by atoms with van der Waals surface area (Å²) in [7, 11) is 0. The Bertz CT molecular complexity index is 678. The molecule has 1 fully saturated rings. The molecular weight excluding hydrogens is 268 g/mol. The Morgan fingerprint density at radius 2 is 1.90 bits per heavy atom. The van der Waals surface area contributed by atoms with E-state index >= 15 is 0 Å². The van der Waals surface area contributed by atoms with Crippen molar-refractivity contribution in [1.82, 2.24) is 9.88 Å². The van der Waals surface area contributed by atoms with Gasteiger partial charge in [-0.1, -0.05) is 37.8 Å². The molecule has 0 radical (unpaired) electrons. The molecule has 0 aliphatic heterocycles. The van der Waals surface area contributed by atoms with E-state index in [-0.39, 0.29) is 18.5 Å². The highest BCUT2D eigenvalue weighted by Gasteiger charge is 2.17. The molecule has 1 N–H and O–H groups in total. The molecule has 5 nitrogen and oxygen atoms in total. The molecule has 1 saturated carbocycles. The molecule has 3 rings (SSSR count). The van der Waals surface area contributed by atoms with Gasteiger partial charge in [0.15, 0.2) is 5.58 Å². The highest BCUT2D eigenvalue weighted by atomic mass is 16.4. The van der Waals surface area contributed by atoms with E-state index in [0.29, 0.717) is 11.1 Å². The quantitative estimate of drug-likeness (QED) is 0.882. The lowest BCUT2D eigenvalue weighted by Gasteiger charge is -2.16. The zero-order valence-corrected chi connectivity index (χ0v) is 12.0. The van der Waals surface area contributed by atoms with Crippen LogP contribution in [-0.4, -0.2) is 16.5 Å². The number of hydrogen-bond acceptors (Lipinski definition) is 3. The van der Waals surface area contributed by atoms with Crippen molar-refractivity contribution in [3.05, 3.63) is 34.8 Å². The summed E-state index contributed by atoms with van der Waals surface area (Å²) in [5.74, 6) is -0.595. The molecule has 0 atom stereocenters. The van der Waals surface area contributed by atoms with E-state index in [2.05, 4.69) is 5.32 Å². The van der Waals surface area contributed by atoms with E-state index in [9.17, 15) is 9.59 Å². The molecule has 0 unspecified atom stereocenters. The summed E-state index contributed by atoms with van der Waals surface area (Å²) in [6, 6.07) is 7.40. The predicted molar refractivity (Wildman–Crippen MR) is 80.1 cm³/mol. The van der Waals surface area contributed by atoms with Gasteiger partial charge in [0, 0.05) is 6.04 Å². The van der Waals surface area contributed by atoms with Crippen LogP contribution in [0.4, 0.5) is 0 Å². The summed E-state index contributed by atoms with van der Waals surface area (Å²) >= 11 is 0. The molecule has 1 aromatic heterocycles. The van der Waals surface area contributed by atoms with Crippen LogP contribution in [0.15, 0.2) is 33.5 Å². The molecule has 1 aliphatic rings. The molecular formula is C16H20N2O3. The van der Waals surface area contributed by atoms with Gasteiger partial charge in [-0.25, -0.2) is 4.79 Å². The minimum atomic E-state index is -0.479. The molecule has 1 heterocycles. The van der Waals surface area contributed by atoms with Crippen molar-refractivity contribution < 1.29 is 9.21 Å². The third kappa shape index (κ3) is 3.17. The van der Waals surface area contributed by atoms with Gasteiger partial charge in [-0.2, -0.15) is 0 Å². The number of aromatic nitrogens is 1. The number of oxazole rings is 1. The lowest BCUT2D eigenvalue weighted by molar-refractivity contribution is -0.122. The Balaban J connectivity index is 1.71. The number of carbonyl (C=O) groups is 1. The summed E-state index contributed by atoms with van der Waals surface area (Å²) in [6.07, 6.45) is 6.90. The van der Waals surface area contributed by atoms with E-state index in [1.165, 1.54) is 30.3 Å². The zero-order chi connectivity index (χ0) is 14.7. The Morgan fingerprint density at radius 3 is 2.67 bits per heavy atom. The summed E-state index contributed by atoms with van der Waals surface area (Å²) in [5, 5.41) is 3.05. The Kier molecular flexibility index (Phi) is 4.08. The lowest BCUT2D eigenvalue weighted by atomic mass is 10.1. The number of fused-ring (bicyclic) bond motifs is 1. The molecule has 1 aromatic carbocycles. The number of benzene rings is 1. The fourth-order valence-electron chi connectivity index (χ4n) is 3.00. The molecule has 112 valence electrons. The number of nitrogens with zero attached hydrogens (tertiary/aromatic N) is 1. The second-order valence-electron chi connectivity index (χ2n) is 5.68. The molecule has 0 spiro atoms. The van der Waals surface area contributed by atoms with Crippen LogP contribution in [0.2, 0.25) is 0 Å². The van der Waals surface area contributed by atoms with Crippen molar-refractivity contribution in [1.29, 1.82) is 0 Å². The van der Waals surface area contributed by atoms with Crippen LogP contribution in [0, 0.1) is 0 Å². The summed E-state index contributed by atoms with van der Waals surface area (Å²) < 4.78 is 6.53. The highest BCUT2D eigenvalue weighted by Crippen LogP contribution is 2.17. The summed E-state index contributed by atoms with van der Waals surface area (Å²) in [5.41, 5.74) is 1.18. The van der Waals surface area contributed by atoms with Crippen molar-refractivity contribution in [2.45, 2.75) is 51.1 Å². The number of carbonyl (C=O) groups excluding carboxylic acids is 1. The standard InChI is InChI=1S/C16H20N2O3/c19-15(17-12-7-3-1-2-4-8-12)11-18-13-9-5-6-10-14(13)21-16(18)20/h5-6,9-10,12H,1-4,7-8,11H2,(H,17,19). The third-order valence-corrected chi connectivity index (χ3v) is 4.10. The van der Waals surface area contributed by atoms with E-state index in [4.69, 9.17) is 4.42 Å². The largest absolute Gasteiger partial charge is 0.420 e. The van der Waals surface area contributed by atoms with Gasteiger partial charge in [-0.15, -0.1) is 0 Å². The Labute approximate surface area is 122 Å². The topological polar surface area (TPSA) is 64.2 Å². The molecule has 0 bridgehead atoms. The van der Waals surface area contributed by atoms with Gasteiger partial charge in [-0.05, 0) is 25.0 Å². The second kappa shape index (κ2) is 6.16. The molecule has 1 amide bonds. The number of rotatable bonds is 3. The minimum Gasteiger partial charge on any atom is -0.408 e. The molecule has 1 aliphatic carbocycles. The van der Waals surface area contributed by atoms with Crippen LogP contribution in [0.5, 0.6) is 0 Å². The summed E-state index contributed by atoms with van der Waals surface area (Å²) in [4.78, 5) is 24.0. The van der Waals surface area contributed by atoms with E-state index in [1.54, 1.807) is 18.2 Å². The fourth-order valence-corrected chi connectivity index (χ4v) is 3.00. The normalized spacial score (nSPS) is 16.8. The number of nitrogens with one attached hydrogen (secondary N) is 1. The fraction of sp³-hybridized carbons (Fsp3) is 0.500. The van der Waals surface area contributed by atoms with Gasteiger partial charge in [0.05, 0.1) is 5.52 Å². The first-order valence-corrected chi connectivity index (χ1v) is 7.62. The average Bonchev–Trinajstić information content (AvgIpc) is 2.66. The van der Waals surface area contributed by atoms with Crippen molar-refractivity contribution >= 4 is 17.0 Å². The van der Waals surface area contributed by atoms with Crippen LogP contribution < -0.4 is 11.1 Å². The highest BCUT2D eigenvalue weighted by molar-refractivity contribution is 5.79. The van der Waals surface area contributed by atoms with E-state index in [0.717, 1.165) is 12.8 Å². The second-order valence-corrected chi connectivity index (χ2v) is 5.68. The summed E-state index contributed by atoms with van der Waals surface area (Å²) in [6.45, 7) is 0.0202. The van der Waals surface area contributed by atoms with E-state index in [1.807, 2.05) is 6.07 Å². The van der Waals surface area contributed by atoms with Gasteiger partial charge in [0.1, 0.15) is 6.54 Å². The van der Waals surface area contributed by atoms with Crippen LogP contribution >= 0.6 is 0 Å². The van der Waals surface area contributed by atoms with Crippen molar-refractivity contribution in [3.63, 3.8) is 0 Å². The number of para-hydroxylation sites is 2. The third-order valence-electron chi connectivity index (χ3n) is 4.10.